The maximum Gasteiger partial charge on any atom is 0.293 e. The van der Waals surface area contributed by atoms with Crippen molar-refractivity contribution in [3.8, 4) is 11.1 Å². The van der Waals surface area contributed by atoms with Crippen LogP contribution in [0.2, 0.25) is 0 Å². The minimum absolute atomic E-state index is 0.0952. The molecule has 7 rings (SSSR count). The topological polar surface area (TPSA) is 118 Å². The Morgan fingerprint density at radius 1 is 0.900 bits per heavy atom. The van der Waals surface area contributed by atoms with Gasteiger partial charge in [0.1, 0.15) is 11.5 Å². The number of hydrogen-bond acceptors (Lipinski definition) is 6. The molecule has 2 N–H and O–H groups in total. The summed E-state index contributed by atoms with van der Waals surface area (Å²) in [6.45, 7) is 0.633. The Bertz CT molecular complexity index is 1540. The highest BCUT2D eigenvalue weighted by molar-refractivity contribution is 7.90. The SMILES string of the molecule is O=C(NS(=O)(=O)c1ccc(NCC23CC4CC(CC(C4)C2)C3)c([N+](=O)[O-])c1)c1ccc(-c2ccc(F)cc2)cc1. The standard InChI is InChI=1S/C30H30FN3O5S/c31-25-7-5-23(6-8-25)22-1-3-24(4-2-22)29(35)33-40(38,39)26-9-10-27(28(14-26)34(36)37)32-18-30-15-19-11-20(16-30)13-21(12-19)17-30/h1-10,14,19-21,32H,11-13,15-18H2,(H,33,35). The van der Waals surface area contributed by atoms with Gasteiger partial charge in [0.2, 0.25) is 0 Å². The minimum Gasteiger partial charge on any atom is -0.379 e. The summed E-state index contributed by atoms with van der Waals surface area (Å²) in [5, 5.41) is 15.2. The lowest BCUT2D eigenvalue weighted by Crippen LogP contribution is -2.49. The largest absolute Gasteiger partial charge is 0.379 e. The van der Waals surface area contributed by atoms with Crippen LogP contribution in [0.25, 0.3) is 11.1 Å². The van der Waals surface area contributed by atoms with Crippen LogP contribution < -0.4 is 10.0 Å². The Morgan fingerprint density at radius 2 is 1.45 bits per heavy atom. The predicted octanol–water partition coefficient (Wildman–Crippen LogP) is 6.15. The summed E-state index contributed by atoms with van der Waals surface area (Å²) in [4.78, 5) is 23.7. The van der Waals surface area contributed by atoms with Crippen molar-refractivity contribution in [2.45, 2.75) is 43.4 Å². The van der Waals surface area contributed by atoms with Gasteiger partial charge in [-0.1, -0.05) is 24.3 Å². The maximum atomic E-state index is 13.2. The van der Waals surface area contributed by atoms with E-state index in [2.05, 4.69) is 5.32 Å². The van der Waals surface area contributed by atoms with E-state index in [-0.39, 0.29) is 33.1 Å². The van der Waals surface area contributed by atoms with Crippen molar-refractivity contribution in [2.24, 2.45) is 23.2 Å². The molecule has 4 bridgehead atoms. The fourth-order valence-electron chi connectivity index (χ4n) is 7.46. The summed E-state index contributed by atoms with van der Waals surface area (Å²) >= 11 is 0. The van der Waals surface area contributed by atoms with E-state index in [1.165, 1.54) is 55.7 Å². The number of hydrogen-bond donors (Lipinski definition) is 2. The number of halogens is 1. The van der Waals surface area contributed by atoms with Gasteiger partial charge in [-0.05, 0) is 109 Å². The lowest BCUT2D eigenvalue weighted by molar-refractivity contribution is -0.384. The number of carbonyl (C=O) groups is 1. The fraction of sp³-hybridized carbons (Fsp3) is 0.367. The van der Waals surface area contributed by atoms with Crippen LogP contribution in [0.15, 0.2) is 71.6 Å². The highest BCUT2D eigenvalue weighted by atomic mass is 32.2. The average molecular weight is 564 g/mol. The molecule has 8 nitrogen and oxygen atoms in total. The van der Waals surface area contributed by atoms with Gasteiger partial charge in [0.05, 0.1) is 9.82 Å². The number of nitro groups is 1. The minimum atomic E-state index is -4.37. The maximum absolute atomic E-state index is 13.2. The smallest absolute Gasteiger partial charge is 0.293 e. The Labute approximate surface area is 232 Å². The second-order valence-corrected chi connectivity index (χ2v) is 13.4. The molecule has 0 heterocycles. The Morgan fingerprint density at radius 3 is 2.00 bits per heavy atom. The molecular weight excluding hydrogens is 533 g/mol. The number of nitrogens with one attached hydrogen (secondary N) is 2. The fourth-order valence-corrected chi connectivity index (χ4v) is 8.46. The zero-order valence-electron chi connectivity index (χ0n) is 21.8. The van der Waals surface area contributed by atoms with Crippen LogP contribution in [0, 0.1) is 39.1 Å². The average Bonchev–Trinajstić information content (AvgIpc) is 2.91. The lowest BCUT2D eigenvalue weighted by atomic mass is 9.49. The van der Waals surface area contributed by atoms with Gasteiger partial charge in [0.15, 0.2) is 0 Å². The van der Waals surface area contributed by atoms with Gasteiger partial charge < -0.3 is 5.32 Å². The molecule has 4 aliphatic carbocycles. The zero-order chi connectivity index (χ0) is 28.1. The highest BCUT2D eigenvalue weighted by Gasteiger charge is 2.50. The summed E-state index contributed by atoms with van der Waals surface area (Å²) in [5.41, 5.74) is 1.65. The molecule has 3 aromatic carbocycles. The molecular formula is C30H30FN3O5S. The molecule has 0 spiro atoms. The molecule has 0 unspecified atom stereocenters. The van der Waals surface area contributed by atoms with Crippen molar-refractivity contribution >= 4 is 27.3 Å². The normalized spacial score (nSPS) is 25.0. The van der Waals surface area contributed by atoms with Gasteiger partial charge >= 0.3 is 0 Å². The van der Waals surface area contributed by atoms with Gasteiger partial charge in [0.25, 0.3) is 21.6 Å². The summed E-state index contributed by atoms with van der Waals surface area (Å²) in [6.07, 6.45) is 7.33. The number of rotatable bonds is 8. The molecule has 0 radical (unpaired) electrons. The monoisotopic (exact) mass is 563 g/mol. The van der Waals surface area contributed by atoms with Gasteiger partial charge in [0, 0.05) is 18.2 Å². The molecule has 10 heteroatoms. The van der Waals surface area contributed by atoms with Crippen molar-refractivity contribution < 1.29 is 22.5 Å². The zero-order valence-corrected chi connectivity index (χ0v) is 22.6. The number of sulfonamides is 1. The van der Waals surface area contributed by atoms with Crippen LogP contribution in [0.5, 0.6) is 0 Å². The van der Waals surface area contributed by atoms with Gasteiger partial charge in [-0.25, -0.2) is 17.5 Å². The van der Waals surface area contributed by atoms with Crippen molar-refractivity contribution in [1.82, 2.24) is 4.72 Å². The van der Waals surface area contributed by atoms with Crippen molar-refractivity contribution in [2.75, 3.05) is 11.9 Å². The third kappa shape index (κ3) is 5.20. The van der Waals surface area contributed by atoms with Crippen molar-refractivity contribution in [3.05, 3.63) is 88.2 Å². The summed E-state index contributed by atoms with van der Waals surface area (Å²) in [5.74, 6) is 1.02. The van der Waals surface area contributed by atoms with E-state index >= 15 is 0 Å². The predicted molar refractivity (Wildman–Crippen MR) is 149 cm³/mol. The van der Waals surface area contributed by atoms with E-state index in [0.717, 1.165) is 54.2 Å². The first-order valence-corrected chi connectivity index (χ1v) is 15.0. The first-order chi connectivity index (χ1) is 19.1. The lowest BCUT2D eigenvalue weighted by Gasteiger charge is -2.57. The second-order valence-electron chi connectivity index (χ2n) is 11.7. The van der Waals surface area contributed by atoms with E-state index in [1.807, 2.05) is 4.72 Å². The van der Waals surface area contributed by atoms with E-state index in [1.54, 1.807) is 24.3 Å². The van der Waals surface area contributed by atoms with Crippen LogP contribution in [-0.2, 0) is 10.0 Å². The third-order valence-electron chi connectivity index (χ3n) is 8.85. The number of anilines is 1. The third-order valence-corrected chi connectivity index (χ3v) is 10.2. The van der Waals surface area contributed by atoms with Crippen LogP contribution in [0.4, 0.5) is 15.8 Å². The quantitative estimate of drug-likeness (QED) is 0.251. The van der Waals surface area contributed by atoms with E-state index in [9.17, 15) is 27.7 Å². The Hall–Kier alpha value is -3.79. The van der Waals surface area contributed by atoms with Gasteiger partial charge in [-0.2, -0.15) is 0 Å². The first kappa shape index (κ1) is 26.4. The Balaban J connectivity index is 1.16. The highest BCUT2D eigenvalue weighted by Crippen LogP contribution is 2.60. The summed E-state index contributed by atoms with van der Waals surface area (Å²) in [6, 6.07) is 15.7. The number of nitrogens with zero attached hydrogens (tertiary/aromatic N) is 1. The molecule has 0 aliphatic heterocycles. The molecule has 4 fully saturated rings. The summed E-state index contributed by atoms with van der Waals surface area (Å²) < 4.78 is 41.2. The van der Waals surface area contributed by atoms with Gasteiger partial charge in [-0.15, -0.1) is 0 Å². The number of amides is 1. The molecule has 3 aromatic rings. The van der Waals surface area contributed by atoms with E-state index < -0.39 is 20.9 Å². The number of benzene rings is 3. The van der Waals surface area contributed by atoms with Crippen LogP contribution in [-0.4, -0.2) is 25.8 Å². The molecule has 0 atom stereocenters. The number of nitro benzene ring substituents is 1. The van der Waals surface area contributed by atoms with Crippen LogP contribution in [0.1, 0.15) is 48.9 Å². The van der Waals surface area contributed by atoms with Gasteiger partial charge in [-0.3, -0.25) is 14.9 Å². The molecule has 0 saturated heterocycles. The van der Waals surface area contributed by atoms with Crippen LogP contribution in [0.3, 0.4) is 0 Å². The first-order valence-electron chi connectivity index (χ1n) is 13.5. The molecule has 208 valence electrons. The van der Waals surface area contributed by atoms with Crippen molar-refractivity contribution in [1.29, 1.82) is 0 Å². The Kier molecular flexibility index (Phi) is 6.60. The van der Waals surface area contributed by atoms with Crippen LogP contribution >= 0.6 is 0 Å². The molecule has 0 aromatic heterocycles. The molecule has 40 heavy (non-hydrogen) atoms. The molecule has 4 aliphatic rings. The van der Waals surface area contributed by atoms with E-state index in [0.29, 0.717) is 6.54 Å². The number of carbonyl (C=O) groups excluding carboxylic acids is 1. The molecule has 4 saturated carbocycles. The van der Waals surface area contributed by atoms with E-state index in [4.69, 9.17) is 0 Å². The summed E-state index contributed by atoms with van der Waals surface area (Å²) in [7, 11) is -4.37. The second kappa shape index (κ2) is 9.99. The molecule has 1 amide bonds. The van der Waals surface area contributed by atoms with Crippen molar-refractivity contribution in [3.63, 3.8) is 0 Å².